The average molecular weight is 319 g/mol. The van der Waals surface area contributed by atoms with Crippen LogP contribution in [0.2, 0.25) is 0 Å². The first-order valence-electron chi connectivity index (χ1n) is 8.06. The van der Waals surface area contributed by atoms with E-state index in [2.05, 4.69) is 25.1 Å². The molecule has 1 N–H and O–H groups in total. The highest BCUT2D eigenvalue weighted by atomic mass is 16.1. The molecule has 120 valence electrons. The summed E-state index contributed by atoms with van der Waals surface area (Å²) in [5, 5.41) is 11.5. The lowest BCUT2D eigenvalue weighted by molar-refractivity contribution is 0.102. The minimum atomic E-state index is -0.226. The smallest absolute Gasteiger partial charge is 0.274 e. The summed E-state index contributed by atoms with van der Waals surface area (Å²) in [6, 6.07) is 12.9. The van der Waals surface area contributed by atoms with Gasteiger partial charge in [-0.1, -0.05) is 18.2 Å². The predicted octanol–water partition coefficient (Wildman–Crippen LogP) is 2.93. The number of fused-ring (bicyclic) bond motifs is 1. The lowest BCUT2D eigenvalue weighted by Gasteiger charge is -2.15. The number of hydrogen-bond acceptors (Lipinski definition) is 4. The van der Waals surface area contributed by atoms with E-state index in [1.807, 2.05) is 24.3 Å². The quantitative estimate of drug-likeness (QED) is 0.805. The van der Waals surface area contributed by atoms with Crippen LogP contribution in [0.4, 0.5) is 5.69 Å². The normalized spacial score (nSPS) is 13.3. The van der Waals surface area contributed by atoms with Gasteiger partial charge in [0, 0.05) is 30.4 Å². The summed E-state index contributed by atoms with van der Waals surface area (Å²) >= 11 is 0. The van der Waals surface area contributed by atoms with E-state index in [1.54, 1.807) is 24.4 Å². The molecule has 0 aliphatic carbocycles. The van der Waals surface area contributed by atoms with E-state index in [1.165, 1.54) is 0 Å². The first kappa shape index (κ1) is 14.6. The van der Waals surface area contributed by atoms with Gasteiger partial charge in [0.2, 0.25) is 0 Å². The van der Waals surface area contributed by atoms with Gasteiger partial charge in [0.1, 0.15) is 11.5 Å². The summed E-state index contributed by atoms with van der Waals surface area (Å²) in [5.41, 5.74) is 2.06. The van der Waals surface area contributed by atoms with E-state index in [-0.39, 0.29) is 5.91 Å². The highest BCUT2D eigenvalue weighted by Gasteiger charge is 2.17. The van der Waals surface area contributed by atoms with Crippen LogP contribution in [-0.4, -0.2) is 25.7 Å². The van der Waals surface area contributed by atoms with Crippen molar-refractivity contribution in [2.45, 2.75) is 25.8 Å². The Bertz CT molecular complexity index is 872. The van der Waals surface area contributed by atoms with Crippen LogP contribution in [0.3, 0.4) is 0 Å². The molecule has 24 heavy (non-hydrogen) atoms. The molecule has 0 unspecified atom stereocenters. The van der Waals surface area contributed by atoms with Gasteiger partial charge in [0.05, 0.1) is 0 Å². The maximum atomic E-state index is 12.2. The zero-order valence-corrected chi connectivity index (χ0v) is 13.1. The molecule has 6 nitrogen and oxygen atoms in total. The molecule has 1 aliphatic rings. The van der Waals surface area contributed by atoms with E-state index in [9.17, 15) is 4.79 Å². The number of carbonyl (C=O) groups is 1. The Morgan fingerprint density at radius 1 is 1.08 bits per heavy atom. The maximum Gasteiger partial charge on any atom is 0.274 e. The zero-order chi connectivity index (χ0) is 16.4. The van der Waals surface area contributed by atoms with Gasteiger partial charge in [0.15, 0.2) is 5.82 Å². The van der Waals surface area contributed by atoms with Crippen LogP contribution in [-0.2, 0) is 13.0 Å². The van der Waals surface area contributed by atoms with Crippen molar-refractivity contribution in [2.75, 3.05) is 5.32 Å². The van der Waals surface area contributed by atoms with Crippen molar-refractivity contribution >= 4 is 11.6 Å². The summed E-state index contributed by atoms with van der Waals surface area (Å²) in [6.07, 6.45) is 4.89. The minimum absolute atomic E-state index is 0.226. The molecular formula is C18H17N5O. The fourth-order valence-electron chi connectivity index (χ4n) is 2.95. The fraction of sp³-hybridized carbons (Fsp3) is 0.222. The van der Waals surface area contributed by atoms with Crippen LogP contribution >= 0.6 is 0 Å². The summed E-state index contributed by atoms with van der Waals surface area (Å²) in [7, 11) is 0. The molecule has 0 fully saturated rings. The maximum absolute atomic E-state index is 12.2. The van der Waals surface area contributed by atoms with Crippen molar-refractivity contribution in [3.8, 4) is 11.4 Å². The van der Waals surface area contributed by atoms with Crippen LogP contribution in [0.15, 0.2) is 48.7 Å². The summed E-state index contributed by atoms with van der Waals surface area (Å²) in [6.45, 7) is 0.947. The number of carbonyl (C=O) groups excluding carboxylic acids is 1. The van der Waals surface area contributed by atoms with Crippen LogP contribution in [0, 0.1) is 0 Å². The van der Waals surface area contributed by atoms with Gasteiger partial charge >= 0.3 is 0 Å². The van der Waals surface area contributed by atoms with Crippen molar-refractivity contribution in [1.82, 2.24) is 19.7 Å². The number of anilines is 1. The number of aryl methyl sites for hydroxylation is 1. The molecule has 2 aromatic heterocycles. The Morgan fingerprint density at radius 2 is 2.04 bits per heavy atom. The molecule has 6 heteroatoms. The van der Waals surface area contributed by atoms with Crippen LogP contribution in [0.5, 0.6) is 0 Å². The number of pyridine rings is 1. The van der Waals surface area contributed by atoms with Crippen LogP contribution in [0.25, 0.3) is 11.4 Å². The minimum Gasteiger partial charge on any atom is -0.321 e. The van der Waals surface area contributed by atoms with Gasteiger partial charge in [-0.2, -0.15) is 0 Å². The Hall–Kier alpha value is -3.02. The number of hydrogen-bond donors (Lipinski definition) is 1. The summed E-state index contributed by atoms with van der Waals surface area (Å²) < 4.78 is 2.17. The number of rotatable bonds is 3. The number of aromatic nitrogens is 4. The van der Waals surface area contributed by atoms with Crippen LogP contribution < -0.4 is 5.32 Å². The third kappa shape index (κ3) is 2.78. The summed E-state index contributed by atoms with van der Waals surface area (Å²) in [5.74, 6) is 1.67. The molecular weight excluding hydrogens is 302 g/mol. The van der Waals surface area contributed by atoms with Crippen molar-refractivity contribution < 1.29 is 4.79 Å². The van der Waals surface area contributed by atoms with Crippen molar-refractivity contribution in [1.29, 1.82) is 0 Å². The SMILES string of the molecule is O=C(Nc1cccc(-c2nnc3n2CCCC3)c1)c1ccccn1. The molecule has 0 spiro atoms. The number of nitrogens with zero attached hydrogens (tertiary/aromatic N) is 4. The highest BCUT2D eigenvalue weighted by Crippen LogP contribution is 2.25. The van der Waals surface area contributed by atoms with Crippen molar-refractivity contribution in [3.63, 3.8) is 0 Å². The molecule has 1 aromatic carbocycles. The van der Waals surface area contributed by atoms with Gasteiger partial charge in [-0.05, 0) is 37.1 Å². The standard InChI is InChI=1S/C18H17N5O/c24-18(15-8-1-3-10-19-15)20-14-7-5-6-13(12-14)17-22-21-16-9-2-4-11-23(16)17/h1,3,5-8,10,12H,2,4,9,11H2,(H,20,24). The van der Waals surface area contributed by atoms with Gasteiger partial charge in [-0.15, -0.1) is 10.2 Å². The van der Waals surface area contributed by atoms with E-state index in [4.69, 9.17) is 0 Å². The monoisotopic (exact) mass is 319 g/mol. The fourth-order valence-corrected chi connectivity index (χ4v) is 2.95. The largest absolute Gasteiger partial charge is 0.321 e. The first-order valence-corrected chi connectivity index (χ1v) is 8.06. The number of nitrogens with one attached hydrogen (secondary N) is 1. The van der Waals surface area contributed by atoms with Crippen LogP contribution in [0.1, 0.15) is 29.2 Å². The molecule has 0 radical (unpaired) electrons. The molecule has 0 bridgehead atoms. The second-order valence-electron chi connectivity index (χ2n) is 5.80. The van der Waals surface area contributed by atoms with Gasteiger partial charge in [-0.25, -0.2) is 0 Å². The third-order valence-electron chi connectivity index (χ3n) is 4.14. The van der Waals surface area contributed by atoms with E-state index < -0.39 is 0 Å². The number of amides is 1. The van der Waals surface area contributed by atoms with Gasteiger partial charge < -0.3 is 9.88 Å². The molecule has 4 rings (SSSR count). The Balaban J connectivity index is 1.60. The lowest BCUT2D eigenvalue weighted by atomic mass is 10.1. The molecule has 3 aromatic rings. The molecule has 0 saturated heterocycles. The highest BCUT2D eigenvalue weighted by molar-refractivity contribution is 6.03. The first-order chi connectivity index (χ1) is 11.8. The zero-order valence-electron chi connectivity index (χ0n) is 13.1. The second kappa shape index (κ2) is 6.23. The van der Waals surface area contributed by atoms with E-state index in [0.29, 0.717) is 5.69 Å². The van der Waals surface area contributed by atoms with Gasteiger partial charge in [-0.3, -0.25) is 9.78 Å². The predicted molar refractivity (Wildman–Crippen MR) is 90.6 cm³/mol. The van der Waals surface area contributed by atoms with Gasteiger partial charge in [0.25, 0.3) is 5.91 Å². The van der Waals surface area contributed by atoms with E-state index >= 15 is 0 Å². The Kier molecular flexibility index (Phi) is 3.78. The Morgan fingerprint density at radius 3 is 2.92 bits per heavy atom. The molecule has 1 amide bonds. The Labute approximate surface area is 139 Å². The molecule has 0 atom stereocenters. The van der Waals surface area contributed by atoms with Crippen molar-refractivity contribution in [2.24, 2.45) is 0 Å². The molecule has 0 saturated carbocycles. The lowest BCUT2D eigenvalue weighted by Crippen LogP contribution is -2.13. The van der Waals surface area contributed by atoms with E-state index in [0.717, 1.165) is 48.7 Å². The topological polar surface area (TPSA) is 72.7 Å². The number of benzene rings is 1. The average Bonchev–Trinajstić information content (AvgIpc) is 3.07. The van der Waals surface area contributed by atoms with Crippen molar-refractivity contribution in [3.05, 3.63) is 60.2 Å². The second-order valence-corrected chi connectivity index (χ2v) is 5.80. The summed E-state index contributed by atoms with van der Waals surface area (Å²) in [4.78, 5) is 16.3. The molecule has 1 aliphatic heterocycles. The third-order valence-corrected chi connectivity index (χ3v) is 4.14. The molecule has 3 heterocycles.